The Hall–Kier alpha value is 0.200. The number of halogens is 2. The Balaban J connectivity index is 0. The van der Waals surface area contributed by atoms with Crippen molar-refractivity contribution in [3.8, 4) is 0 Å². The third kappa shape index (κ3) is 14.5. The van der Waals surface area contributed by atoms with Crippen LogP contribution in [-0.4, -0.2) is 44.1 Å². The summed E-state index contributed by atoms with van der Waals surface area (Å²) < 4.78 is 38.7. The van der Waals surface area contributed by atoms with Gasteiger partial charge >= 0.3 is 0 Å². The van der Waals surface area contributed by atoms with E-state index in [4.69, 9.17) is 0 Å². The highest BCUT2D eigenvalue weighted by atomic mass is 32.2. The molecular formula is C17H39F2NO2PS+. The number of rotatable bonds is 13. The lowest BCUT2D eigenvalue weighted by molar-refractivity contribution is -0.0529. The van der Waals surface area contributed by atoms with Crippen molar-refractivity contribution in [1.82, 2.24) is 4.75 Å². The van der Waals surface area contributed by atoms with Crippen molar-refractivity contribution in [1.29, 1.82) is 0 Å². The fraction of sp³-hybridized carbons (Fsp3) is 1.00. The zero-order valence-electron chi connectivity index (χ0n) is 16.4. The highest BCUT2D eigenvalue weighted by Gasteiger charge is 2.34. The van der Waals surface area contributed by atoms with Crippen LogP contribution in [0.2, 0.25) is 0 Å². The van der Waals surface area contributed by atoms with Gasteiger partial charge in [-0.3, -0.25) is 0 Å². The van der Waals surface area contributed by atoms with Gasteiger partial charge in [-0.15, -0.1) is 0 Å². The van der Waals surface area contributed by atoms with E-state index in [-0.39, 0.29) is 0 Å². The third-order valence-electron chi connectivity index (χ3n) is 4.19. The Morgan fingerprint density at radius 1 is 0.708 bits per heavy atom. The Bertz CT molecular complexity index is 341. The van der Waals surface area contributed by atoms with Crippen molar-refractivity contribution in [3.63, 3.8) is 0 Å². The van der Waals surface area contributed by atoms with Gasteiger partial charge < -0.3 is 0 Å². The number of sulfonamides is 1. The minimum atomic E-state index is -4.24. The van der Waals surface area contributed by atoms with Crippen LogP contribution in [0.25, 0.3) is 0 Å². The van der Waals surface area contributed by atoms with Crippen LogP contribution < -0.4 is 0 Å². The highest BCUT2D eigenvalue weighted by molar-refractivity contribution is 7.88. The summed E-state index contributed by atoms with van der Waals surface area (Å²) in [5, 5.41) is 0. The van der Waals surface area contributed by atoms with Crippen LogP contribution in [0.1, 0.15) is 79.1 Å². The van der Waals surface area contributed by atoms with Crippen LogP contribution in [0.5, 0.6) is 0 Å². The van der Waals surface area contributed by atoms with E-state index in [0.29, 0.717) is 6.26 Å². The molecule has 0 aliphatic rings. The van der Waals surface area contributed by atoms with E-state index in [9.17, 15) is 17.4 Å². The molecule has 0 radical (unpaired) electrons. The molecule has 0 saturated carbocycles. The van der Waals surface area contributed by atoms with Crippen LogP contribution in [0.15, 0.2) is 0 Å². The minimum absolute atomic E-state index is 0.410. The molecule has 0 fully saturated rings. The molecule has 0 aromatic heterocycles. The monoisotopic (exact) mass is 390 g/mol. The molecule has 0 aromatic rings. The lowest BCUT2D eigenvalue weighted by Crippen LogP contribution is -2.12. The topological polar surface area (TPSA) is 37.4 Å². The van der Waals surface area contributed by atoms with Crippen LogP contribution in [-0.2, 0) is 10.0 Å². The third-order valence-corrected chi connectivity index (χ3v) is 9.76. The van der Waals surface area contributed by atoms with E-state index >= 15 is 0 Å². The normalized spacial score (nSPS) is 12.2. The molecule has 0 rings (SSSR count). The summed E-state index contributed by atoms with van der Waals surface area (Å²) in [6.07, 6.45) is 18.4. The van der Waals surface area contributed by atoms with E-state index in [2.05, 4.69) is 27.7 Å². The van der Waals surface area contributed by atoms with Gasteiger partial charge in [-0.05, 0) is 25.7 Å². The summed E-state index contributed by atoms with van der Waals surface area (Å²) in [6, 6.07) is 0. The van der Waals surface area contributed by atoms with Gasteiger partial charge in [0.2, 0.25) is 0 Å². The van der Waals surface area contributed by atoms with Crippen molar-refractivity contribution < 1.29 is 17.4 Å². The van der Waals surface area contributed by atoms with Crippen LogP contribution in [0.3, 0.4) is 0 Å². The first-order valence-electron chi connectivity index (χ1n) is 9.36. The van der Waals surface area contributed by atoms with Gasteiger partial charge in [0, 0.05) is 7.26 Å². The van der Waals surface area contributed by atoms with Crippen molar-refractivity contribution >= 4 is 17.3 Å². The molecule has 0 N–H and O–H groups in total. The fourth-order valence-corrected chi connectivity index (χ4v) is 7.93. The van der Waals surface area contributed by atoms with Gasteiger partial charge in [0.05, 0.1) is 30.9 Å². The molecule has 3 nitrogen and oxygen atoms in total. The molecular weight excluding hydrogens is 351 g/mol. The lowest BCUT2D eigenvalue weighted by Gasteiger charge is -2.28. The Labute approximate surface area is 149 Å². The standard InChI is InChI=1S/C16H36P.CH3F2NO2S/c1-5-9-13-17(14-10-6-2,15-11-7-3)16-12-8-4;1-7(5,6)4(2)3/h5-16H2,1-4H3;1H3/q+1;. The van der Waals surface area contributed by atoms with E-state index in [1.165, 1.54) is 51.4 Å². The molecule has 0 aliphatic heterocycles. The SMILES string of the molecule is CCCC[P+](CCCC)(CCCC)CCCC.CS(=O)(=O)N(F)F. The molecule has 0 aliphatic carbocycles. The van der Waals surface area contributed by atoms with Crippen LogP contribution in [0.4, 0.5) is 8.96 Å². The quantitative estimate of drug-likeness (QED) is 0.276. The Kier molecular flexibility index (Phi) is 17.0. The zero-order chi connectivity index (χ0) is 19.1. The van der Waals surface area contributed by atoms with E-state index in [1.54, 1.807) is 24.6 Å². The summed E-state index contributed by atoms with van der Waals surface area (Å²) in [5.41, 5.74) is 0. The summed E-state index contributed by atoms with van der Waals surface area (Å²) in [5.74, 6) is 0. The number of hydrogen-bond donors (Lipinski definition) is 0. The predicted octanol–water partition coefficient (Wildman–Crippen LogP) is 6.22. The van der Waals surface area contributed by atoms with Gasteiger partial charge in [0.1, 0.15) is 4.75 Å². The Morgan fingerprint density at radius 2 is 0.917 bits per heavy atom. The maximum absolute atomic E-state index is 10.8. The predicted molar refractivity (Wildman–Crippen MR) is 105 cm³/mol. The summed E-state index contributed by atoms with van der Waals surface area (Å²) in [7, 11) is -4.80. The van der Waals surface area contributed by atoms with Gasteiger partial charge in [0.25, 0.3) is 10.0 Å². The van der Waals surface area contributed by atoms with Crippen molar-refractivity contribution in [2.45, 2.75) is 79.1 Å². The van der Waals surface area contributed by atoms with E-state index in [0.717, 1.165) is 0 Å². The van der Waals surface area contributed by atoms with Gasteiger partial charge in [-0.2, -0.15) is 0 Å². The molecule has 7 heteroatoms. The molecule has 0 saturated heterocycles. The number of unbranched alkanes of at least 4 members (excludes halogenated alkanes) is 4. The first-order valence-corrected chi connectivity index (χ1v) is 13.7. The highest BCUT2D eigenvalue weighted by Crippen LogP contribution is 2.61. The smallest absolute Gasteiger partial charge is 0.208 e. The first kappa shape index (κ1) is 26.4. The van der Waals surface area contributed by atoms with Crippen LogP contribution in [0, 0.1) is 0 Å². The average molecular weight is 391 g/mol. The molecule has 0 atom stereocenters. The molecule has 0 heterocycles. The van der Waals surface area contributed by atoms with E-state index in [1.807, 2.05) is 0 Å². The number of nitrogens with zero attached hydrogens (tertiary/aromatic N) is 1. The second kappa shape index (κ2) is 15.5. The first-order chi connectivity index (χ1) is 11.2. The van der Waals surface area contributed by atoms with Crippen molar-refractivity contribution in [2.24, 2.45) is 0 Å². The molecule has 148 valence electrons. The summed E-state index contributed by atoms with van der Waals surface area (Å²) in [6.45, 7) is 9.42. The molecule has 0 unspecified atom stereocenters. The second-order valence-corrected chi connectivity index (χ2v) is 12.8. The maximum atomic E-state index is 10.8. The second-order valence-electron chi connectivity index (χ2n) is 6.59. The molecule has 24 heavy (non-hydrogen) atoms. The van der Waals surface area contributed by atoms with Crippen LogP contribution >= 0.6 is 7.26 Å². The minimum Gasteiger partial charge on any atom is -0.208 e. The van der Waals surface area contributed by atoms with Crippen molar-refractivity contribution in [2.75, 3.05) is 30.9 Å². The molecule has 0 bridgehead atoms. The Morgan fingerprint density at radius 3 is 1.04 bits per heavy atom. The molecule has 0 aromatic carbocycles. The number of hydrogen-bond acceptors (Lipinski definition) is 2. The van der Waals surface area contributed by atoms with Crippen molar-refractivity contribution in [3.05, 3.63) is 0 Å². The lowest BCUT2D eigenvalue weighted by atomic mass is 10.4. The molecule has 0 amide bonds. The van der Waals surface area contributed by atoms with Gasteiger partial charge in [-0.25, -0.2) is 8.42 Å². The largest absolute Gasteiger partial charge is 0.265 e. The van der Waals surface area contributed by atoms with E-state index < -0.39 is 22.0 Å². The summed E-state index contributed by atoms with van der Waals surface area (Å²) >= 11 is 0. The fourth-order valence-electron chi connectivity index (χ4n) is 2.64. The van der Waals surface area contributed by atoms with Gasteiger partial charge in [0.15, 0.2) is 0 Å². The summed E-state index contributed by atoms with van der Waals surface area (Å²) in [4.78, 5) is 0. The molecule has 0 spiro atoms. The zero-order valence-corrected chi connectivity index (χ0v) is 18.1. The van der Waals surface area contributed by atoms with Gasteiger partial charge in [-0.1, -0.05) is 62.3 Å². The maximum Gasteiger partial charge on any atom is 0.265 e. The average Bonchev–Trinajstić information content (AvgIpc) is 2.53.